The van der Waals surface area contributed by atoms with Crippen molar-refractivity contribution in [2.75, 3.05) is 24.5 Å². The minimum Gasteiger partial charge on any atom is -0.366 e. The van der Waals surface area contributed by atoms with E-state index in [1.54, 1.807) is 0 Å². The van der Waals surface area contributed by atoms with Gasteiger partial charge in [0.25, 0.3) is 0 Å². The fourth-order valence-electron chi connectivity index (χ4n) is 3.08. The average molecular weight is 268 g/mol. The van der Waals surface area contributed by atoms with Gasteiger partial charge in [0, 0.05) is 13.1 Å². The molecule has 0 amide bonds. The number of hydrogen-bond donors (Lipinski definition) is 1. The van der Waals surface area contributed by atoms with E-state index in [0.29, 0.717) is 43.5 Å². The van der Waals surface area contributed by atoms with Crippen molar-refractivity contribution in [3.63, 3.8) is 0 Å². The zero-order chi connectivity index (χ0) is 14.0. The Bertz CT molecular complexity index is 415. The van der Waals surface area contributed by atoms with E-state index < -0.39 is 11.6 Å². The van der Waals surface area contributed by atoms with Crippen molar-refractivity contribution in [1.29, 1.82) is 0 Å². The zero-order valence-corrected chi connectivity index (χ0v) is 11.6. The molecule has 1 fully saturated rings. The van der Waals surface area contributed by atoms with Crippen LogP contribution in [0.3, 0.4) is 0 Å². The maximum Gasteiger partial charge on any atom is 0.149 e. The molecule has 1 aliphatic rings. The van der Waals surface area contributed by atoms with Gasteiger partial charge in [-0.15, -0.1) is 0 Å². The van der Waals surface area contributed by atoms with Crippen LogP contribution in [0.25, 0.3) is 0 Å². The molecule has 1 aromatic rings. The Balaban J connectivity index is 2.29. The third kappa shape index (κ3) is 3.24. The molecule has 19 heavy (non-hydrogen) atoms. The molecule has 4 heteroatoms. The van der Waals surface area contributed by atoms with Crippen LogP contribution in [-0.4, -0.2) is 19.6 Å². The fourth-order valence-corrected chi connectivity index (χ4v) is 3.08. The van der Waals surface area contributed by atoms with Gasteiger partial charge in [-0.2, -0.15) is 0 Å². The molecule has 0 spiro atoms. The first-order valence-electron chi connectivity index (χ1n) is 6.94. The van der Waals surface area contributed by atoms with Crippen LogP contribution in [0.2, 0.25) is 0 Å². The summed E-state index contributed by atoms with van der Waals surface area (Å²) in [6, 6.07) is 2.82. The van der Waals surface area contributed by atoms with Crippen molar-refractivity contribution in [2.24, 2.45) is 17.6 Å². The van der Waals surface area contributed by atoms with Crippen LogP contribution in [0.15, 0.2) is 12.1 Å². The lowest BCUT2D eigenvalue weighted by Crippen LogP contribution is -2.39. The van der Waals surface area contributed by atoms with Gasteiger partial charge in [0.15, 0.2) is 0 Å². The molecule has 0 bridgehead atoms. The largest absolute Gasteiger partial charge is 0.366 e. The first kappa shape index (κ1) is 14.3. The van der Waals surface area contributed by atoms with Gasteiger partial charge in [0.05, 0.1) is 0 Å². The molecule has 1 saturated heterocycles. The number of piperidine rings is 1. The quantitative estimate of drug-likeness (QED) is 0.913. The summed E-state index contributed by atoms with van der Waals surface area (Å²) in [7, 11) is 0. The summed E-state index contributed by atoms with van der Waals surface area (Å²) in [6.07, 6.45) is 1.62. The van der Waals surface area contributed by atoms with Crippen molar-refractivity contribution in [3.8, 4) is 0 Å². The number of nitrogens with two attached hydrogens (primary N) is 1. The normalized spacial score (nSPS) is 23.7. The summed E-state index contributed by atoms with van der Waals surface area (Å²) in [5.74, 6) is -0.00737. The maximum absolute atomic E-state index is 14.2. The second-order valence-electron chi connectivity index (χ2n) is 5.80. The Morgan fingerprint density at radius 2 is 1.68 bits per heavy atom. The molecule has 106 valence electrons. The maximum atomic E-state index is 14.2. The number of nitrogens with zero attached hydrogens (tertiary/aromatic N) is 1. The lowest BCUT2D eigenvalue weighted by Gasteiger charge is -2.37. The number of benzene rings is 1. The summed E-state index contributed by atoms with van der Waals surface area (Å²) in [5, 5.41) is 0. The van der Waals surface area contributed by atoms with E-state index in [9.17, 15) is 8.78 Å². The molecule has 0 saturated carbocycles. The third-order valence-corrected chi connectivity index (χ3v) is 3.69. The van der Waals surface area contributed by atoms with Crippen LogP contribution in [-0.2, 0) is 6.42 Å². The number of halogens is 2. The monoisotopic (exact) mass is 268 g/mol. The van der Waals surface area contributed by atoms with Gasteiger partial charge >= 0.3 is 0 Å². The van der Waals surface area contributed by atoms with Gasteiger partial charge in [-0.1, -0.05) is 13.8 Å². The molecule has 2 rings (SSSR count). The molecular formula is C15H22F2N2. The first-order chi connectivity index (χ1) is 9.01. The Morgan fingerprint density at radius 3 is 2.16 bits per heavy atom. The average Bonchev–Trinajstić information content (AvgIpc) is 2.26. The third-order valence-electron chi connectivity index (χ3n) is 3.69. The number of anilines is 1. The second-order valence-corrected chi connectivity index (χ2v) is 5.80. The highest BCUT2D eigenvalue weighted by Crippen LogP contribution is 2.31. The van der Waals surface area contributed by atoms with Crippen LogP contribution < -0.4 is 10.6 Å². The van der Waals surface area contributed by atoms with Crippen LogP contribution >= 0.6 is 0 Å². The van der Waals surface area contributed by atoms with Gasteiger partial charge in [0.1, 0.15) is 17.3 Å². The topological polar surface area (TPSA) is 29.3 Å². The molecule has 2 unspecified atom stereocenters. The highest BCUT2D eigenvalue weighted by Gasteiger charge is 2.26. The van der Waals surface area contributed by atoms with Gasteiger partial charge in [-0.3, -0.25) is 0 Å². The van der Waals surface area contributed by atoms with Crippen LogP contribution in [0.5, 0.6) is 0 Å². The predicted octanol–water partition coefficient (Wildman–Crippen LogP) is 2.95. The summed E-state index contributed by atoms with van der Waals surface area (Å²) in [6.45, 7) is 6.08. The van der Waals surface area contributed by atoms with Gasteiger partial charge in [-0.05, 0) is 48.9 Å². The second kappa shape index (κ2) is 5.87. The summed E-state index contributed by atoms with van der Waals surface area (Å²) in [4.78, 5) is 1.84. The molecule has 2 atom stereocenters. The van der Waals surface area contributed by atoms with Crippen LogP contribution in [0, 0.1) is 23.5 Å². The summed E-state index contributed by atoms with van der Waals surface area (Å²) >= 11 is 0. The number of hydrogen-bond acceptors (Lipinski definition) is 2. The molecule has 0 aliphatic carbocycles. The van der Waals surface area contributed by atoms with Gasteiger partial charge in [0.2, 0.25) is 0 Å². The molecule has 1 aromatic carbocycles. The summed E-state index contributed by atoms with van der Waals surface area (Å²) in [5.41, 5.74) is 6.17. The highest BCUT2D eigenvalue weighted by atomic mass is 19.1. The minimum absolute atomic E-state index is 0.124. The van der Waals surface area contributed by atoms with E-state index in [1.807, 2.05) is 4.90 Å². The lowest BCUT2D eigenvalue weighted by molar-refractivity contribution is 0.351. The van der Waals surface area contributed by atoms with Gasteiger partial charge < -0.3 is 10.6 Å². The highest BCUT2D eigenvalue weighted by molar-refractivity contribution is 5.51. The van der Waals surface area contributed by atoms with Gasteiger partial charge in [-0.25, -0.2) is 8.78 Å². The van der Waals surface area contributed by atoms with Crippen molar-refractivity contribution in [2.45, 2.75) is 26.7 Å². The molecule has 2 nitrogen and oxygen atoms in total. The Kier molecular flexibility index (Phi) is 4.40. The fraction of sp³-hybridized carbons (Fsp3) is 0.600. The molecule has 0 aromatic heterocycles. The SMILES string of the molecule is CC1CC(C)CN(c2c(F)cc(CCN)cc2F)C1. The van der Waals surface area contributed by atoms with Crippen LogP contribution in [0.4, 0.5) is 14.5 Å². The zero-order valence-electron chi connectivity index (χ0n) is 11.6. The summed E-state index contributed by atoms with van der Waals surface area (Å²) < 4.78 is 28.3. The predicted molar refractivity (Wildman–Crippen MR) is 74.3 cm³/mol. The van der Waals surface area contributed by atoms with Crippen molar-refractivity contribution in [3.05, 3.63) is 29.3 Å². The standard InChI is InChI=1S/C15H22F2N2/c1-10-5-11(2)9-19(8-10)15-13(16)6-12(3-4-18)7-14(15)17/h6-7,10-11H,3-5,8-9,18H2,1-2H3. The Morgan fingerprint density at radius 1 is 1.16 bits per heavy atom. The van der Waals surface area contributed by atoms with E-state index in [1.165, 1.54) is 12.1 Å². The van der Waals surface area contributed by atoms with E-state index in [-0.39, 0.29) is 5.69 Å². The number of rotatable bonds is 3. The lowest BCUT2D eigenvalue weighted by atomic mass is 9.91. The van der Waals surface area contributed by atoms with E-state index in [4.69, 9.17) is 5.73 Å². The minimum atomic E-state index is -0.468. The first-order valence-corrected chi connectivity index (χ1v) is 6.94. The molecule has 1 heterocycles. The molecule has 1 aliphatic heterocycles. The Labute approximate surface area is 113 Å². The molecular weight excluding hydrogens is 246 g/mol. The molecule has 2 N–H and O–H groups in total. The van der Waals surface area contributed by atoms with E-state index >= 15 is 0 Å². The van der Waals surface area contributed by atoms with Crippen molar-refractivity contribution < 1.29 is 8.78 Å². The van der Waals surface area contributed by atoms with E-state index in [2.05, 4.69) is 13.8 Å². The van der Waals surface area contributed by atoms with Crippen molar-refractivity contribution >= 4 is 5.69 Å². The van der Waals surface area contributed by atoms with E-state index in [0.717, 1.165) is 6.42 Å². The van der Waals surface area contributed by atoms with Crippen molar-refractivity contribution in [1.82, 2.24) is 0 Å². The smallest absolute Gasteiger partial charge is 0.149 e. The Hall–Kier alpha value is -1.16. The van der Waals surface area contributed by atoms with Crippen LogP contribution in [0.1, 0.15) is 25.8 Å². The molecule has 0 radical (unpaired) electrons.